The van der Waals surface area contributed by atoms with Crippen LogP contribution < -0.4 is 10.2 Å². The number of nitrogens with one attached hydrogen (secondary N) is 1. The molecule has 1 heterocycles. The van der Waals surface area contributed by atoms with Gasteiger partial charge in [0, 0.05) is 31.9 Å². The first-order valence-electron chi connectivity index (χ1n) is 9.69. The van der Waals surface area contributed by atoms with Gasteiger partial charge in [0.05, 0.1) is 12.6 Å². The topological polar surface area (TPSA) is 55.8 Å². The van der Waals surface area contributed by atoms with E-state index in [0.29, 0.717) is 6.54 Å². The molecule has 0 bridgehead atoms. The molecule has 0 radical (unpaired) electrons. The summed E-state index contributed by atoms with van der Waals surface area (Å²) >= 11 is 0. The van der Waals surface area contributed by atoms with Crippen molar-refractivity contribution in [3.8, 4) is 5.75 Å². The summed E-state index contributed by atoms with van der Waals surface area (Å²) in [6, 6.07) is 15.8. The normalized spacial score (nSPS) is 16.1. The number of piperazine rings is 1. The molecule has 1 aliphatic heterocycles. The van der Waals surface area contributed by atoms with E-state index in [-0.39, 0.29) is 17.7 Å². The average molecular weight is 367 g/mol. The molecule has 0 aromatic heterocycles. The monoisotopic (exact) mass is 367 g/mol. The second-order valence-electron chi connectivity index (χ2n) is 7.16. The smallest absolute Gasteiger partial charge is 0.234 e. The van der Waals surface area contributed by atoms with Crippen molar-refractivity contribution in [1.29, 1.82) is 0 Å². The van der Waals surface area contributed by atoms with Crippen molar-refractivity contribution in [3.05, 3.63) is 59.7 Å². The summed E-state index contributed by atoms with van der Waals surface area (Å²) in [7, 11) is 0. The molecule has 5 nitrogen and oxygen atoms in total. The molecule has 2 aromatic rings. The highest BCUT2D eigenvalue weighted by Crippen LogP contribution is 2.20. The maximum absolute atomic E-state index is 12.4. The Balaban J connectivity index is 1.45. The van der Waals surface area contributed by atoms with Crippen molar-refractivity contribution in [2.75, 3.05) is 37.6 Å². The van der Waals surface area contributed by atoms with Crippen LogP contribution >= 0.6 is 0 Å². The molecule has 1 aliphatic rings. The van der Waals surface area contributed by atoms with Crippen LogP contribution in [0.5, 0.6) is 5.75 Å². The first-order chi connectivity index (χ1) is 13.0. The van der Waals surface area contributed by atoms with Gasteiger partial charge in [0.15, 0.2) is 0 Å². The summed E-state index contributed by atoms with van der Waals surface area (Å²) in [4.78, 5) is 16.9. The van der Waals surface area contributed by atoms with Gasteiger partial charge in [-0.05, 0) is 48.7 Å². The molecular weight excluding hydrogens is 338 g/mol. The third-order valence-corrected chi connectivity index (χ3v) is 5.22. The van der Waals surface area contributed by atoms with Crippen molar-refractivity contribution in [1.82, 2.24) is 10.2 Å². The van der Waals surface area contributed by atoms with Gasteiger partial charge in [-0.3, -0.25) is 9.69 Å². The number of phenolic OH excluding ortho intramolecular Hbond substituents is 1. The Hall–Kier alpha value is -2.53. The number of carbonyl (C=O) groups is 1. The van der Waals surface area contributed by atoms with Gasteiger partial charge in [-0.2, -0.15) is 0 Å². The largest absolute Gasteiger partial charge is 0.508 e. The third-order valence-electron chi connectivity index (χ3n) is 5.22. The van der Waals surface area contributed by atoms with Crippen LogP contribution in [0.15, 0.2) is 48.5 Å². The standard InChI is InChI=1S/C22H29N3O2/c1-3-18-4-6-19(7-5-18)17(2)23-22(27)16-24-12-14-25(15-13-24)20-8-10-21(26)11-9-20/h4-11,17,26H,3,12-16H2,1-2H3,(H,23,27)/t17-/m1/s1. The molecule has 1 fully saturated rings. The predicted octanol–water partition coefficient (Wildman–Crippen LogP) is 2.95. The molecule has 5 heteroatoms. The second-order valence-corrected chi connectivity index (χ2v) is 7.16. The Morgan fingerprint density at radius 3 is 2.26 bits per heavy atom. The molecule has 27 heavy (non-hydrogen) atoms. The van der Waals surface area contributed by atoms with Gasteiger partial charge in [0.25, 0.3) is 0 Å². The SMILES string of the molecule is CCc1ccc([C@@H](C)NC(=O)CN2CCN(c3ccc(O)cc3)CC2)cc1. The molecule has 144 valence electrons. The molecule has 0 aliphatic carbocycles. The third kappa shape index (κ3) is 5.23. The molecule has 1 atom stereocenters. The van der Waals surface area contributed by atoms with E-state index in [9.17, 15) is 9.90 Å². The molecule has 2 aromatic carbocycles. The lowest BCUT2D eigenvalue weighted by Crippen LogP contribution is -2.49. The first kappa shape index (κ1) is 19.2. The van der Waals surface area contributed by atoms with Gasteiger partial charge >= 0.3 is 0 Å². The Morgan fingerprint density at radius 1 is 1.04 bits per heavy atom. The summed E-state index contributed by atoms with van der Waals surface area (Å²) in [5.74, 6) is 0.354. The predicted molar refractivity (Wildman–Crippen MR) is 109 cm³/mol. The number of amides is 1. The zero-order chi connectivity index (χ0) is 19.2. The Bertz CT molecular complexity index is 735. The van der Waals surface area contributed by atoms with Gasteiger partial charge < -0.3 is 15.3 Å². The van der Waals surface area contributed by atoms with E-state index in [1.54, 1.807) is 12.1 Å². The summed E-state index contributed by atoms with van der Waals surface area (Å²) < 4.78 is 0. The highest BCUT2D eigenvalue weighted by molar-refractivity contribution is 5.78. The number of hydrogen-bond donors (Lipinski definition) is 2. The van der Waals surface area contributed by atoms with Crippen LogP contribution in [-0.2, 0) is 11.2 Å². The van der Waals surface area contributed by atoms with Crippen molar-refractivity contribution < 1.29 is 9.90 Å². The van der Waals surface area contributed by atoms with Crippen LogP contribution in [0.25, 0.3) is 0 Å². The van der Waals surface area contributed by atoms with Gasteiger partial charge in [-0.15, -0.1) is 0 Å². The fraction of sp³-hybridized carbons (Fsp3) is 0.409. The van der Waals surface area contributed by atoms with Crippen molar-refractivity contribution in [3.63, 3.8) is 0 Å². The summed E-state index contributed by atoms with van der Waals surface area (Å²) in [5, 5.41) is 12.5. The van der Waals surface area contributed by atoms with Gasteiger partial charge in [-0.1, -0.05) is 31.2 Å². The highest BCUT2D eigenvalue weighted by Gasteiger charge is 2.20. The number of carbonyl (C=O) groups excluding carboxylic acids is 1. The average Bonchev–Trinajstić information content (AvgIpc) is 2.69. The number of rotatable bonds is 6. The van der Waals surface area contributed by atoms with Crippen LogP contribution in [0.3, 0.4) is 0 Å². The molecule has 1 saturated heterocycles. The van der Waals surface area contributed by atoms with E-state index in [1.807, 2.05) is 19.1 Å². The van der Waals surface area contributed by atoms with Crippen LogP contribution in [0, 0.1) is 0 Å². The van der Waals surface area contributed by atoms with Gasteiger partial charge in [0.2, 0.25) is 5.91 Å². The molecule has 0 saturated carbocycles. The number of benzene rings is 2. The highest BCUT2D eigenvalue weighted by atomic mass is 16.3. The Labute approximate surface area is 161 Å². The quantitative estimate of drug-likeness (QED) is 0.824. The summed E-state index contributed by atoms with van der Waals surface area (Å²) in [6.07, 6.45) is 1.02. The fourth-order valence-corrected chi connectivity index (χ4v) is 3.44. The summed E-state index contributed by atoms with van der Waals surface area (Å²) in [6.45, 7) is 8.07. The van der Waals surface area contributed by atoms with E-state index < -0.39 is 0 Å². The Morgan fingerprint density at radius 2 is 1.67 bits per heavy atom. The number of hydrogen-bond acceptors (Lipinski definition) is 4. The zero-order valence-electron chi connectivity index (χ0n) is 16.2. The molecule has 0 unspecified atom stereocenters. The molecule has 3 rings (SSSR count). The van der Waals surface area contributed by atoms with Gasteiger partial charge in [0.1, 0.15) is 5.75 Å². The van der Waals surface area contributed by atoms with Crippen LogP contribution in [-0.4, -0.2) is 48.6 Å². The van der Waals surface area contributed by atoms with E-state index >= 15 is 0 Å². The lowest BCUT2D eigenvalue weighted by molar-refractivity contribution is -0.123. The van der Waals surface area contributed by atoms with Crippen LogP contribution in [0.1, 0.15) is 31.0 Å². The minimum absolute atomic E-state index is 0.0155. The molecule has 1 amide bonds. The molecular formula is C22H29N3O2. The maximum Gasteiger partial charge on any atom is 0.234 e. The molecule has 0 spiro atoms. The van der Waals surface area contributed by atoms with Gasteiger partial charge in [-0.25, -0.2) is 0 Å². The first-order valence-corrected chi connectivity index (χ1v) is 9.69. The Kier molecular flexibility index (Phi) is 6.35. The second kappa shape index (κ2) is 8.91. The van der Waals surface area contributed by atoms with E-state index in [4.69, 9.17) is 0 Å². The van der Waals surface area contributed by atoms with Crippen LogP contribution in [0.4, 0.5) is 5.69 Å². The number of phenols is 1. The molecule has 2 N–H and O–H groups in total. The lowest BCUT2D eigenvalue weighted by atomic mass is 10.1. The summed E-state index contributed by atoms with van der Waals surface area (Å²) in [5.41, 5.74) is 3.56. The fourth-order valence-electron chi connectivity index (χ4n) is 3.44. The minimum atomic E-state index is 0.0155. The number of anilines is 1. The zero-order valence-corrected chi connectivity index (χ0v) is 16.2. The minimum Gasteiger partial charge on any atom is -0.508 e. The number of aryl methyl sites for hydroxylation is 1. The van der Waals surface area contributed by atoms with Crippen molar-refractivity contribution in [2.24, 2.45) is 0 Å². The van der Waals surface area contributed by atoms with E-state index in [0.717, 1.165) is 43.9 Å². The number of nitrogens with zero attached hydrogens (tertiary/aromatic N) is 2. The van der Waals surface area contributed by atoms with E-state index in [1.165, 1.54) is 5.56 Å². The van der Waals surface area contributed by atoms with E-state index in [2.05, 4.69) is 46.3 Å². The number of aromatic hydroxyl groups is 1. The maximum atomic E-state index is 12.4. The van der Waals surface area contributed by atoms with Crippen molar-refractivity contribution in [2.45, 2.75) is 26.3 Å². The van der Waals surface area contributed by atoms with Crippen LogP contribution in [0.2, 0.25) is 0 Å². The van der Waals surface area contributed by atoms with Crippen molar-refractivity contribution >= 4 is 11.6 Å². The lowest BCUT2D eigenvalue weighted by Gasteiger charge is -2.35.